The van der Waals surface area contributed by atoms with Crippen LogP contribution in [0.25, 0.3) is 21.9 Å². The van der Waals surface area contributed by atoms with E-state index in [4.69, 9.17) is 16.2 Å². The second-order valence-electron chi connectivity index (χ2n) is 4.41. The van der Waals surface area contributed by atoms with Crippen molar-refractivity contribution < 1.29 is 55.3 Å². The Balaban J connectivity index is 0.00000133. The van der Waals surface area contributed by atoms with Gasteiger partial charge in [0.2, 0.25) is 0 Å². The second kappa shape index (κ2) is 8.90. The van der Waals surface area contributed by atoms with Crippen molar-refractivity contribution >= 4 is 22.6 Å². The van der Waals surface area contributed by atoms with Gasteiger partial charge in [-0.1, -0.05) is 36.8 Å². The minimum absolute atomic E-state index is 0. The molecule has 3 rings (SSSR count). The average molecular weight is 418 g/mol. The molecular formula is C16H12Cl3OZr. The topological polar surface area (TPSA) is 9.23 Å². The first kappa shape index (κ1) is 20.6. The van der Waals surface area contributed by atoms with Gasteiger partial charge in [-0.05, 0) is 6.07 Å². The first-order valence-corrected chi connectivity index (χ1v) is 6.14. The molecule has 0 atom stereocenters. The summed E-state index contributed by atoms with van der Waals surface area (Å²) >= 11 is 5.54. The average Bonchev–Trinajstić information content (AvgIpc) is 2.78. The molecule has 0 spiro atoms. The number of benzene rings is 2. The zero-order valence-electron chi connectivity index (χ0n) is 11.2. The molecule has 0 bridgehead atoms. The molecule has 0 aliphatic rings. The molecule has 0 aromatic heterocycles. The van der Waals surface area contributed by atoms with E-state index in [0.29, 0.717) is 5.75 Å². The molecule has 0 N–H and O–H groups in total. The van der Waals surface area contributed by atoms with Crippen molar-refractivity contribution in [2.75, 3.05) is 0 Å². The monoisotopic (exact) mass is 415 g/mol. The largest absolute Gasteiger partial charge is 3.00 e. The van der Waals surface area contributed by atoms with E-state index in [2.05, 4.69) is 37.3 Å². The predicted octanol–water partition coefficient (Wildman–Crippen LogP) is -0.928. The summed E-state index contributed by atoms with van der Waals surface area (Å²) < 4.78 is 4.93. The van der Waals surface area contributed by atoms with Gasteiger partial charge in [0.05, 0.1) is 0 Å². The molecule has 5 heteroatoms. The van der Waals surface area contributed by atoms with Gasteiger partial charge in [-0.2, -0.15) is 6.07 Å². The van der Waals surface area contributed by atoms with E-state index in [-0.39, 0.29) is 51.0 Å². The van der Waals surface area contributed by atoms with Crippen LogP contribution in [-0.2, 0) is 26.2 Å². The van der Waals surface area contributed by atoms with Crippen molar-refractivity contribution in [3.8, 4) is 16.9 Å². The van der Waals surface area contributed by atoms with Crippen molar-refractivity contribution in [3.05, 3.63) is 60.2 Å². The van der Waals surface area contributed by atoms with Crippen LogP contribution in [0.15, 0.2) is 54.6 Å². The Hall–Kier alpha value is -0.397. The van der Waals surface area contributed by atoms with Crippen LogP contribution < -0.4 is 29.1 Å². The zero-order valence-corrected chi connectivity index (χ0v) is 16.0. The first-order chi connectivity index (χ1) is 8.79. The van der Waals surface area contributed by atoms with Crippen LogP contribution in [-0.4, -0.2) is 0 Å². The van der Waals surface area contributed by atoms with Crippen molar-refractivity contribution in [2.24, 2.45) is 0 Å². The molecule has 0 heterocycles. The van der Waals surface area contributed by atoms with E-state index in [1.54, 1.807) is 0 Å². The molecule has 1 radical (unpaired) electrons. The minimum Gasteiger partial charge on any atom is -1.00 e. The Morgan fingerprint density at radius 1 is 0.952 bits per heavy atom. The van der Waals surface area contributed by atoms with E-state index in [9.17, 15) is 0 Å². The maximum atomic E-state index is 5.54. The summed E-state index contributed by atoms with van der Waals surface area (Å²) in [5.74, 6) is 0.686. The molecule has 0 aliphatic carbocycles. The Morgan fingerprint density at radius 2 is 1.62 bits per heavy atom. The van der Waals surface area contributed by atoms with Gasteiger partial charge >= 0.3 is 26.2 Å². The quantitative estimate of drug-likeness (QED) is 0.490. The summed E-state index contributed by atoms with van der Waals surface area (Å²) in [5, 5.41) is 2.48. The van der Waals surface area contributed by atoms with Gasteiger partial charge in [0.1, 0.15) is 11.9 Å². The van der Waals surface area contributed by atoms with E-state index in [1.165, 1.54) is 16.3 Å². The van der Waals surface area contributed by atoms with Gasteiger partial charge < -0.3 is 29.1 Å². The Kier molecular flexibility index (Phi) is 8.74. The van der Waals surface area contributed by atoms with Crippen LogP contribution in [0, 0.1) is 6.92 Å². The van der Waals surface area contributed by atoms with Gasteiger partial charge in [-0.3, -0.25) is 0 Å². The summed E-state index contributed by atoms with van der Waals surface area (Å²) in [6.45, 7) is 2.10. The molecule has 0 saturated heterocycles. The van der Waals surface area contributed by atoms with Crippen molar-refractivity contribution in [1.29, 1.82) is 0 Å². The number of aryl methyl sites for hydroxylation is 1. The second-order valence-corrected chi connectivity index (χ2v) is 4.57. The number of rotatable bonds is 2. The molecule has 0 fully saturated rings. The Labute approximate surface area is 161 Å². The van der Waals surface area contributed by atoms with Crippen molar-refractivity contribution in [2.45, 2.75) is 6.92 Å². The number of fused-ring (bicyclic) bond motifs is 1. The Bertz CT molecular complexity index is 710. The van der Waals surface area contributed by atoms with E-state index in [1.807, 2.05) is 24.3 Å². The zero-order chi connectivity index (χ0) is 12.5. The smallest absolute Gasteiger partial charge is 1.00 e. The summed E-state index contributed by atoms with van der Waals surface area (Å²) in [7, 11) is 0. The van der Waals surface area contributed by atoms with Gasteiger partial charge in [0, 0.05) is 5.56 Å². The van der Waals surface area contributed by atoms with Gasteiger partial charge in [0.15, 0.2) is 5.75 Å². The summed E-state index contributed by atoms with van der Waals surface area (Å²) in [4.78, 5) is 0. The summed E-state index contributed by atoms with van der Waals surface area (Å²) in [6.07, 6.45) is 0. The molecular weight excluding hydrogens is 406 g/mol. The molecule has 1 nitrogen and oxygen atoms in total. The van der Waals surface area contributed by atoms with Crippen LogP contribution in [0.2, 0.25) is 0 Å². The number of hydrogen-bond acceptors (Lipinski definition) is 1. The number of halogens is 3. The number of hydrogen-bond donors (Lipinski definition) is 0. The first-order valence-electron chi connectivity index (χ1n) is 5.83. The third-order valence-electron chi connectivity index (χ3n) is 3.16. The molecule has 0 amide bonds. The van der Waals surface area contributed by atoms with E-state index in [0.717, 1.165) is 11.1 Å². The molecule has 0 saturated carbocycles. The fraction of sp³-hybridized carbons (Fsp3) is 0.0625. The van der Waals surface area contributed by atoms with Crippen molar-refractivity contribution in [3.63, 3.8) is 0 Å². The summed E-state index contributed by atoms with van der Waals surface area (Å²) in [5.41, 5.74) is 3.43. The van der Waals surface area contributed by atoms with Crippen molar-refractivity contribution in [1.82, 2.24) is 0 Å². The van der Waals surface area contributed by atoms with E-state index < -0.39 is 0 Å². The van der Waals surface area contributed by atoms with Gasteiger partial charge in [-0.25, -0.2) is 0 Å². The molecule has 0 aliphatic heterocycles. The van der Waals surface area contributed by atoms with Crippen LogP contribution in [0.4, 0.5) is 0 Å². The molecule has 107 valence electrons. The van der Waals surface area contributed by atoms with Crippen LogP contribution in [0.3, 0.4) is 0 Å². The van der Waals surface area contributed by atoms with Crippen LogP contribution in [0.1, 0.15) is 5.56 Å². The third-order valence-corrected chi connectivity index (χ3v) is 3.32. The molecule has 0 unspecified atom stereocenters. The fourth-order valence-corrected chi connectivity index (χ4v) is 2.51. The maximum absolute atomic E-state index is 5.54. The summed E-state index contributed by atoms with van der Waals surface area (Å²) in [6, 6.07) is 18.4. The van der Waals surface area contributed by atoms with Gasteiger partial charge in [-0.15, -0.1) is 34.5 Å². The maximum Gasteiger partial charge on any atom is 3.00 e. The van der Waals surface area contributed by atoms with Crippen LogP contribution in [0.5, 0.6) is 5.75 Å². The Morgan fingerprint density at radius 3 is 2.33 bits per heavy atom. The fourth-order valence-electron chi connectivity index (χ4n) is 2.38. The number of para-hydroxylation sites is 1. The molecule has 3 aromatic carbocycles. The van der Waals surface area contributed by atoms with Gasteiger partial charge in [0.25, 0.3) is 0 Å². The molecule has 3 aromatic rings. The minimum atomic E-state index is 0. The normalized spacial score (nSPS) is 9.24. The third kappa shape index (κ3) is 4.08. The van der Waals surface area contributed by atoms with Crippen LogP contribution >= 0.6 is 11.9 Å². The molecule has 21 heavy (non-hydrogen) atoms. The predicted molar refractivity (Wildman–Crippen MR) is 76.2 cm³/mol. The standard InChI is InChI=1S/C16H12ClO.2ClH.Zr/c1-11-9-12-5-4-7-13(15(12)10-11)14-6-2-3-8-16(14)18-17;;;/h2-10H,1H3;2*1H;/q-1;;;+3/p-2. The van der Waals surface area contributed by atoms with E-state index >= 15 is 0 Å². The SMILES string of the molecule is Cc1cc2c(-c3ccccc3OCl)cccc2[cH-]1.[Cl-].[Cl-].[Zr+3].